The summed E-state index contributed by atoms with van der Waals surface area (Å²) in [7, 11) is 0. The highest BCUT2D eigenvalue weighted by Gasteiger charge is 2.32. The van der Waals surface area contributed by atoms with Gasteiger partial charge in [0, 0.05) is 28.6 Å². The van der Waals surface area contributed by atoms with Crippen LogP contribution in [0.1, 0.15) is 53.8 Å². The Bertz CT molecular complexity index is 891. The predicted molar refractivity (Wildman–Crippen MR) is 101 cm³/mol. The molecule has 0 bridgehead atoms. The van der Waals surface area contributed by atoms with Crippen LogP contribution in [0.5, 0.6) is 0 Å². The number of hydrogen-bond acceptors (Lipinski definition) is 5. The van der Waals surface area contributed by atoms with Gasteiger partial charge in [-0.05, 0) is 50.5 Å². The number of carbonyl (C=O) groups excluding carboxylic acids is 1. The summed E-state index contributed by atoms with van der Waals surface area (Å²) >= 11 is 1.47. The summed E-state index contributed by atoms with van der Waals surface area (Å²) in [6, 6.07) is 6.31. The van der Waals surface area contributed by atoms with Crippen molar-refractivity contribution in [2.75, 3.05) is 11.1 Å². The first-order valence-electron chi connectivity index (χ1n) is 8.59. The number of aromatic nitrogens is 2. The van der Waals surface area contributed by atoms with Crippen molar-refractivity contribution < 1.29 is 9.18 Å². The second-order valence-corrected chi connectivity index (χ2v) is 8.07. The minimum atomic E-state index is -0.731. The van der Waals surface area contributed by atoms with Crippen molar-refractivity contribution in [3.63, 3.8) is 0 Å². The van der Waals surface area contributed by atoms with E-state index in [2.05, 4.69) is 20.5 Å². The Morgan fingerprint density at radius 2 is 2.23 bits per heavy atom. The molecule has 136 valence electrons. The number of nitrogens with one attached hydrogen (secondary N) is 2. The largest absolute Gasteiger partial charge is 0.379 e. The summed E-state index contributed by atoms with van der Waals surface area (Å²) in [5.74, 6) is 0.593. The molecular weight excluding hydrogens is 353 g/mol. The number of H-pyrrole nitrogens is 1. The van der Waals surface area contributed by atoms with Crippen LogP contribution in [0.15, 0.2) is 29.3 Å². The molecule has 1 aromatic carbocycles. The molecule has 2 aromatic rings. The Labute approximate surface area is 154 Å². The number of nitrogens with zero attached hydrogens (tertiary/aromatic N) is 2. The molecule has 1 amide bonds. The van der Waals surface area contributed by atoms with Crippen molar-refractivity contribution in [3.8, 4) is 0 Å². The molecule has 0 unspecified atom stereocenters. The third-order valence-corrected chi connectivity index (χ3v) is 5.64. The summed E-state index contributed by atoms with van der Waals surface area (Å²) < 4.78 is 14.4. The first kappa shape index (κ1) is 17.1. The minimum absolute atomic E-state index is 0.321. The number of carbonyl (C=O) groups is 1. The first-order valence-corrected chi connectivity index (χ1v) is 9.58. The Morgan fingerprint density at radius 1 is 1.42 bits per heavy atom. The number of benzene rings is 1. The number of rotatable bonds is 4. The molecule has 4 N–H and O–H groups in total. The van der Waals surface area contributed by atoms with Gasteiger partial charge in [-0.3, -0.25) is 14.9 Å². The average molecular weight is 373 g/mol. The standard InChI is InChI=1S/C18H20FN5OS/c1-18(6-7-26-17(20)22-18)12-8-11(4-5-13(12)19)21-16(25)15-9-14(23-24-15)10-2-3-10/h4-5,8-10H,2-3,6-7H2,1H3,(H2,20,22)(H,21,25)(H,23,24)/t18-/m0/s1. The van der Waals surface area contributed by atoms with Gasteiger partial charge in [0.15, 0.2) is 10.9 Å². The number of aliphatic imine (C=N–C) groups is 1. The lowest BCUT2D eigenvalue weighted by Crippen LogP contribution is -2.29. The summed E-state index contributed by atoms with van der Waals surface area (Å²) in [6.45, 7) is 1.86. The van der Waals surface area contributed by atoms with Crippen LogP contribution in [0.25, 0.3) is 0 Å². The number of amidine groups is 1. The van der Waals surface area contributed by atoms with Gasteiger partial charge in [0.1, 0.15) is 5.82 Å². The zero-order chi connectivity index (χ0) is 18.3. The summed E-state index contributed by atoms with van der Waals surface area (Å²) in [5, 5.41) is 10.2. The van der Waals surface area contributed by atoms with Crippen LogP contribution in [-0.2, 0) is 5.54 Å². The fourth-order valence-electron chi connectivity index (χ4n) is 3.15. The summed E-state index contributed by atoms with van der Waals surface area (Å²) in [6.07, 6.45) is 2.94. The second kappa shape index (κ2) is 6.42. The van der Waals surface area contributed by atoms with Crippen LogP contribution in [0.3, 0.4) is 0 Å². The predicted octanol–water partition coefficient (Wildman–Crippen LogP) is 3.35. The summed E-state index contributed by atoms with van der Waals surface area (Å²) in [4.78, 5) is 16.9. The monoisotopic (exact) mass is 373 g/mol. The van der Waals surface area contributed by atoms with E-state index < -0.39 is 5.54 Å². The quantitative estimate of drug-likeness (QED) is 0.766. The van der Waals surface area contributed by atoms with Crippen molar-refractivity contribution >= 4 is 28.5 Å². The highest BCUT2D eigenvalue weighted by Crippen LogP contribution is 2.39. The lowest BCUT2D eigenvalue weighted by molar-refractivity contribution is 0.102. The van der Waals surface area contributed by atoms with E-state index in [1.807, 2.05) is 6.92 Å². The van der Waals surface area contributed by atoms with Gasteiger partial charge in [0.05, 0.1) is 5.54 Å². The van der Waals surface area contributed by atoms with Crippen molar-refractivity contribution in [2.24, 2.45) is 10.7 Å². The van der Waals surface area contributed by atoms with Crippen molar-refractivity contribution in [2.45, 2.75) is 37.6 Å². The Kier molecular flexibility index (Phi) is 4.22. The molecule has 1 fully saturated rings. The van der Waals surface area contributed by atoms with Gasteiger partial charge in [0.2, 0.25) is 0 Å². The maximum atomic E-state index is 14.4. The fraction of sp³-hybridized carbons (Fsp3) is 0.389. The van der Waals surface area contributed by atoms with Gasteiger partial charge in [-0.15, -0.1) is 0 Å². The molecule has 0 radical (unpaired) electrons. The third-order valence-electron chi connectivity index (χ3n) is 4.85. The molecule has 1 atom stereocenters. The van der Waals surface area contributed by atoms with E-state index in [4.69, 9.17) is 5.73 Å². The first-order chi connectivity index (χ1) is 12.4. The molecule has 8 heteroatoms. The third kappa shape index (κ3) is 3.33. The van der Waals surface area contributed by atoms with E-state index >= 15 is 0 Å². The Hall–Kier alpha value is -2.35. The molecule has 2 heterocycles. The number of thioether (sulfide) groups is 1. The fourth-order valence-corrected chi connectivity index (χ4v) is 4.12. The number of hydrogen-bond donors (Lipinski definition) is 3. The second-order valence-electron chi connectivity index (χ2n) is 6.95. The van der Waals surface area contributed by atoms with Gasteiger partial charge in [-0.25, -0.2) is 4.39 Å². The lowest BCUT2D eigenvalue weighted by atomic mass is 9.89. The van der Waals surface area contributed by atoms with Crippen molar-refractivity contribution in [3.05, 3.63) is 47.0 Å². The minimum Gasteiger partial charge on any atom is -0.379 e. The summed E-state index contributed by atoms with van der Waals surface area (Å²) in [5.41, 5.74) is 7.37. The maximum Gasteiger partial charge on any atom is 0.276 e. The van der Waals surface area contributed by atoms with E-state index in [9.17, 15) is 9.18 Å². The number of aromatic amines is 1. The lowest BCUT2D eigenvalue weighted by Gasteiger charge is -2.30. The number of halogens is 1. The molecule has 6 nitrogen and oxygen atoms in total. The maximum absolute atomic E-state index is 14.4. The number of nitrogens with two attached hydrogens (primary N) is 1. The molecule has 26 heavy (non-hydrogen) atoms. The van der Waals surface area contributed by atoms with Crippen LogP contribution in [0.4, 0.5) is 10.1 Å². The number of amides is 1. The smallest absolute Gasteiger partial charge is 0.276 e. The van der Waals surface area contributed by atoms with E-state index in [0.717, 1.165) is 24.3 Å². The van der Waals surface area contributed by atoms with Crippen LogP contribution in [-0.4, -0.2) is 27.0 Å². The van der Waals surface area contributed by atoms with E-state index in [-0.39, 0.29) is 11.7 Å². The van der Waals surface area contributed by atoms with Gasteiger partial charge >= 0.3 is 0 Å². The molecule has 1 aliphatic heterocycles. The molecular formula is C18H20FN5OS. The Balaban J connectivity index is 1.57. The molecule has 1 saturated carbocycles. The van der Waals surface area contributed by atoms with Crippen molar-refractivity contribution in [1.82, 2.24) is 10.2 Å². The topological polar surface area (TPSA) is 96.2 Å². The molecule has 2 aliphatic rings. The van der Waals surface area contributed by atoms with Gasteiger partial charge in [-0.1, -0.05) is 11.8 Å². The SMILES string of the molecule is C[C@@]1(c2cc(NC(=O)c3cc(C4CC4)[nH]n3)ccc2F)CCSC(N)=N1. The molecule has 4 rings (SSSR count). The van der Waals surface area contributed by atoms with Gasteiger partial charge < -0.3 is 11.1 Å². The van der Waals surface area contributed by atoms with Crippen molar-refractivity contribution in [1.29, 1.82) is 0 Å². The average Bonchev–Trinajstić information content (AvgIpc) is 3.33. The van der Waals surface area contributed by atoms with E-state index in [1.165, 1.54) is 17.8 Å². The molecule has 1 aromatic heterocycles. The molecule has 1 aliphatic carbocycles. The van der Waals surface area contributed by atoms with Crippen LogP contribution in [0, 0.1) is 5.82 Å². The Morgan fingerprint density at radius 3 is 2.96 bits per heavy atom. The zero-order valence-electron chi connectivity index (χ0n) is 14.4. The highest BCUT2D eigenvalue weighted by molar-refractivity contribution is 8.13. The normalized spacial score (nSPS) is 22.8. The molecule has 0 saturated heterocycles. The molecule has 0 spiro atoms. The van der Waals surface area contributed by atoms with E-state index in [1.54, 1.807) is 18.2 Å². The highest BCUT2D eigenvalue weighted by atomic mass is 32.2. The zero-order valence-corrected chi connectivity index (χ0v) is 15.2. The van der Waals surface area contributed by atoms with Crippen LogP contribution >= 0.6 is 11.8 Å². The van der Waals surface area contributed by atoms with Crippen LogP contribution in [0.2, 0.25) is 0 Å². The van der Waals surface area contributed by atoms with E-state index in [0.29, 0.717) is 34.5 Å². The van der Waals surface area contributed by atoms with Gasteiger partial charge in [0.25, 0.3) is 5.91 Å². The van der Waals surface area contributed by atoms with Gasteiger partial charge in [-0.2, -0.15) is 5.10 Å². The van der Waals surface area contributed by atoms with Crippen LogP contribution < -0.4 is 11.1 Å². The number of anilines is 1.